The standard InChI is InChI=1S/C19H26N4O2/c1-3-4-7-13-21-19(24)16-10-11-18(23-22-16)20-14-12-15-8-5-6-9-17(15)25-2/h5-6,8-11H,3-4,7,12-14H2,1-2H3,(H,20,23)(H,21,24). The van der Waals surface area contributed by atoms with Crippen LogP contribution in [0.15, 0.2) is 36.4 Å². The molecule has 0 atom stereocenters. The van der Waals surface area contributed by atoms with Crippen molar-refractivity contribution in [2.75, 3.05) is 25.5 Å². The van der Waals surface area contributed by atoms with Crippen LogP contribution in [0.1, 0.15) is 42.2 Å². The molecule has 2 rings (SSSR count). The summed E-state index contributed by atoms with van der Waals surface area (Å²) in [5.74, 6) is 1.35. The van der Waals surface area contributed by atoms with E-state index in [4.69, 9.17) is 4.74 Å². The van der Waals surface area contributed by atoms with Gasteiger partial charge in [-0.15, -0.1) is 10.2 Å². The summed E-state index contributed by atoms with van der Waals surface area (Å²) in [7, 11) is 1.67. The number of carbonyl (C=O) groups excluding carboxylic acids is 1. The lowest BCUT2D eigenvalue weighted by Gasteiger charge is -2.09. The zero-order chi connectivity index (χ0) is 17.9. The number of rotatable bonds is 10. The molecular formula is C19H26N4O2. The van der Waals surface area contributed by atoms with Crippen LogP contribution in [-0.4, -0.2) is 36.3 Å². The van der Waals surface area contributed by atoms with Crippen molar-refractivity contribution in [3.8, 4) is 5.75 Å². The van der Waals surface area contributed by atoms with E-state index in [1.54, 1.807) is 19.2 Å². The quantitative estimate of drug-likeness (QED) is 0.649. The van der Waals surface area contributed by atoms with Crippen molar-refractivity contribution in [3.63, 3.8) is 0 Å². The van der Waals surface area contributed by atoms with Crippen molar-refractivity contribution in [1.29, 1.82) is 0 Å². The summed E-state index contributed by atoms with van der Waals surface area (Å²) in [5.41, 5.74) is 1.47. The number of methoxy groups -OCH3 is 1. The van der Waals surface area contributed by atoms with Gasteiger partial charge in [-0.2, -0.15) is 0 Å². The van der Waals surface area contributed by atoms with Crippen LogP contribution in [0.2, 0.25) is 0 Å². The number of aromatic nitrogens is 2. The molecular weight excluding hydrogens is 316 g/mol. The molecule has 2 N–H and O–H groups in total. The predicted molar refractivity (Wildman–Crippen MR) is 99.1 cm³/mol. The maximum atomic E-state index is 11.9. The van der Waals surface area contributed by atoms with Gasteiger partial charge in [-0.3, -0.25) is 4.79 Å². The van der Waals surface area contributed by atoms with E-state index in [2.05, 4.69) is 27.8 Å². The van der Waals surface area contributed by atoms with E-state index in [1.807, 2.05) is 24.3 Å². The maximum absolute atomic E-state index is 11.9. The second-order valence-electron chi connectivity index (χ2n) is 5.76. The summed E-state index contributed by atoms with van der Waals surface area (Å²) in [6.07, 6.45) is 4.04. The van der Waals surface area contributed by atoms with E-state index in [9.17, 15) is 4.79 Å². The van der Waals surface area contributed by atoms with Crippen LogP contribution in [0.5, 0.6) is 5.75 Å². The maximum Gasteiger partial charge on any atom is 0.271 e. The van der Waals surface area contributed by atoms with E-state index in [0.29, 0.717) is 24.6 Å². The lowest BCUT2D eigenvalue weighted by molar-refractivity contribution is 0.0947. The van der Waals surface area contributed by atoms with Crippen LogP contribution in [0.25, 0.3) is 0 Å². The fourth-order valence-electron chi connectivity index (χ4n) is 2.45. The Morgan fingerprint density at radius 2 is 1.92 bits per heavy atom. The van der Waals surface area contributed by atoms with Crippen LogP contribution in [0.3, 0.4) is 0 Å². The monoisotopic (exact) mass is 342 g/mol. The summed E-state index contributed by atoms with van der Waals surface area (Å²) in [5, 5.41) is 14.1. The van der Waals surface area contributed by atoms with Crippen molar-refractivity contribution in [1.82, 2.24) is 15.5 Å². The minimum atomic E-state index is -0.177. The van der Waals surface area contributed by atoms with Gasteiger partial charge < -0.3 is 15.4 Å². The van der Waals surface area contributed by atoms with E-state index >= 15 is 0 Å². The van der Waals surface area contributed by atoms with E-state index in [1.165, 1.54) is 0 Å². The van der Waals surface area contributed by atoms with Crippen molar-refractivity contribution < 1.29 is 9.53 Å². The van der Waals surface area contributed by atoms with E-state index in [-0.39, 0.29) is 5.91 Å². The second-order valence-corrected chi connectivity index (χ2v) is 5.76. The molecule has 1 heterocycles. The molecule has 0 saturated carbocycles. The fourth-order valence-corrected chi connectivity index (χ4v) is 2.45. The average molecular weight is 342 g/mol. The van der Waals surface area contributed by atoms with Gasteiger partial charge in [0.05, 0.1) is 7.11 Å². The Labute approximate surface area is 149 Å². The molecule has 0 bridgehead atoms. The van der Waals surface area contributed by atoms with Crippen LogP contribution in [0, 0.1) is 0 Å². The average Bonchev–Trinajstić information content (AvgIpc) is 2.66. The first-order valence-electron chi connectivity index (χ1n) is 8.72. The van der Waals surface area contributed by atoms with Gasteiger partial charge in [-0.05, 0) is 36.6 Å². The van der Waals surface area contributed by atoms with Crippen molar-refractivity contribution in [2.45, 2.75) is 32.6 Å². The molecule has 6 nitrogen and oxygen atoms in total. The van der Waals surface area contributed by atoms with Gasteiger partial charge in [0.1, 0.15) is 11.6 Å². The first kappa shape index (κ1) is 18.7. The molecule has 25 heavy (non-hydrogen) atoms. The third kappa shape index (κ3) is 6.06. The zero-order valence-corrected chi connectivity index (χ0v) is 14.9. The minimum Gasteiger partial charge on any atom is -0.496 e. The Balaban J connectivity index is 1.79. The molecule has 134 valence electrons. The number of carbonyl (C=O) groups is 1. The third-order valence-corrected chi connectivity index (χ3v) is 3.86. The molecule has 2 aromatic rings. The van der Waals surface area contributed by atoms with Crippen molar-refractivity contribution in [3.05, 3.63) is 47.7 Å². The van der Waals surface area contributed by atoms with Gasteiger partial charge in [0, 0.05) is 13.1 Å². The molecule has 0 aliphatic rings. The van der Waals surface area contributed by atoms with Gasteiger partial charge in [-0.25, -0.2) is 0 Å². The first-order valence-corrected chi connectivity index (χ1v) is 8.72. The van der Waals surface area contributed by atoms with E-state index in [0.717, 1.165) is 37.0 Å². The topological polar surface area (TPSA) is 76.1 Å². The molecule has 0 radical (unpaired) electrons. The second kappa shape index (κ2) is 10.3. The number of nitrogens with zero attached hydrogens (tertiary/aromatic N) is 2. The first-order chi connectivity index (χ1) is 12.2. The Hall–Kier alpha value is -2.63. The molecule has 0 spiro atoms. The molecule has 0 fully saturated rings. The number of para-hydroxylation sites is 1. The Morgan fingerprint density at radius 1 is 1.08 bits per heavy atom. The Kier molecular flexibility index (Phi) is 7.69. The Bertz CT molecular complexity index is 659. The zero-order valence-electron chi connectivity index (χ0n) is 14.9. The minimum absolute atomic E-state index is 0.177. The molecule has 0 aliphatic carbocycles. The van der Waals surface area contributed by atoms with Crippen molar-refractivity contribution >= 4 is 11.7 Å². The molecule has 0 unspecified atom stereocenters. The van der Waals surface area contributed by atoms with Gasteiger partial charge in [-0.1, -0.05) is 38.0 Å². The number of unbranched alkanes of at least 4 members (excludes halogenated alkanes) is 2. The summed E-state index contributed by atoms with van der Waals surface area (Å²) < 4.78 is 5.34. The summed E-state index contributed by atoms with van der Waals surface area (Å²) >= 11 is 0. The van der Waals surface area contributed by atoms with E-state index < -0.39 is 0 Å². The number of hydrogen-bond donors (Lipinski definition) is 2. The van der Waals surface area contributed by atoms with Crippen molar-refractivity contribution in [2.24, 2.45) is 0 Å². The Morgan fingerprint density at radius 3 is 2.64 bits per heavy atom. The number of benzene rings is 1. The summed E-state index contributed by atoms with van der Waals surface area (Å²) in [6, 6.07) is 11.4. The van der Waals surface area contributed by atoms with Gasteiger partial charge in [0.15, 0.2) is 5.69 Å². The molecule has 1 aromatic heterocycles. The molecule has 6 heteroatoms. The number of amides is 1. The lowest BCUT2D eigenvalue weighted by Crippen LogP contribution is -2.25. The van der Waals surface area contributed by atoms with Gasteiger partial charge in [0.2, 0.25) is 0 Å². The van der Waals surface area contributed by atoms with Gasteiger partial charge >= 0.3 is 0 Å². The van der Waals surface area contributed by atoms with Crippen LogP contribution >= 0.6 is 0 Å². The lowest BCUT2D eigenvalue weighted by atomic mass is 10.1. The summed E-state index contributed by atoms with van der Waals surface area (Å²) in [6.45, 7) is 3.51. The number of nitrogens with one attached hydrogen (secondary N) is 2. The number of ether oxygens (including phenoxy) is 1. The highest BCUT2D eigenvalue weighted by atomic mass is 16.5. The third-order valence-electron chi connectivity index (χ3n) is 3.86. The highest BCUT2D eigenvalue weighted by Gasteiger charge is 2.07. The predicted octanol–water partition coefficient (Wildman–Crippen LogP) is 3.06. The highest BCUT2D eigenvalue weighted by Crippen LogP contribution is 2.17. The van der Waals surface area contributed by atoms with Gasteiger partial charge in [0.25, 0.3) is 5.91 Å². The normalized spacial score (nSPS) is 10.3. The molecule has 1 aromatic carbocycles. The van der Waals surface area contributed by atoms with Crippen LogP contribution in [-0.2, 0) is 6.42 Å². The summed E-state index contributed by atoms with van der Waals surface area (Å²) in [4.78, 5) is 11.9. The largest absolute Gasteiger partial charge is 0.496 e. The highest BCUT2D eigenvalue weighted by molar-refractivity contribution is 5.92. The molecule has 1 amide bonds. The SMILES string of the molecule is CCCCCNC(=O)c1ccc(NCCc2ccccc2OC)nn1. The number of hydrogen-bond acceptors (Lipinski definition) is 5. The van der Waals surface area contributed by atoms with Crippen LogP contribution < -0.4 is 15.4 Å². The van der Waals surface area contributed by atoms with Crippen LogP contribution in [0.4, 0.5) is 5.82 Å². The molecule has 0 saturated heterocycles. The fraction of sp³-hybridized carbons (Fsp3) is 0.421. The smallest absolute Gasteiger partial charge is 0.271 e. The number of anilines is 1. The molecule has 0 aliphatic heterocycles.